The molecule has 1 aliphatic heterocycles. The normalized spacial score (nSPS) is 15.1. The molecule has 1 N–H and O–H groups in total. The third-order valence-electron chi connectivity index (χ3n) is 4.85. The first-order valence-electron chi connectivity index (χ1n) is 9.77. The summed E-state index contributed by atoms with van der Waals surface area (Å²) < 4.78 is 7.37. The molecule has 0 radical (unpaired) electrons. The number of carbonyl (C=O) groups is 2. The van der Waals surface area contributed by atoms with E-state index >= 15 is 0 Å². The second-order valence-corrected chi connectivity index (χ2v) is 6.89. The molecule has 0 spiro atoms. The Balaban J connectivity index is 1.57. The van der Waals surface area contributed by atoms with E-state index in [0.717, 1.165) is 25.9 Å². The number of nitrogens with one attached hydrogen (secondary N) is 1. The average molecular weight is 385 g/mol. The summed E-state index contributed by atoms with van der Waals surface area (Å²) in [6.07, 6.45) is 4.75. The zero-order valence-electron chi connectivity index (χ0n) is 16.4. The van der Waals surface area contributed by atoms with Gasteiger partial charge in [0.1, 0.15) is 17.9 Å². The highest BCUT2D eigenvalue weighted by molar-refractivity contribution is 5.94. The maximum atomic E-state index is 12.6. The second-order valence-electron chi connectivity index (χ2n) is 6.89. The highest BCUT2D eigenvalue weighted by atomic mass is 16.5. The van der Waals surface area contributed by atoms with E-state index in [-0.39, 0.29) is 24.5 Å². The van der Waals surface area contributed by atoms with Crippen LogP contribution in [0.3, 0.4) is 0 Å². The fourth-order valence-corrected chi connectivity index (χ4v) is 3.30. The van der Waals surface area contributed by atoms with E-state index in [4.69, 9.17) is 4.74 Å². The van der Waals surface area contributed by atoms with Crippen molar-refractivity contribution in [2.24, 2.45) is 0 Å². The van der Waals surface area contributed by atoms with Crippen LogP contribution in [0.1, 0.15) is 55.3 Å². The number of likely N-dealkylation sites (tertiary alicyclic amines) is 1. The molecule has 0 saturated carbocycles. The van der Waals surface area contributed by atoms with Crippen LogP contribution >= 0.6 is 0 Å². The van der Waals surface area contributed by atoms with Crippen LogP contribution in [0.25, 0.3) is 0 Å². The summed E-state index contributed by atoms with van der Waals surface area (Å²) in [5.74, 6) is 0.964. The predicted octanol–water partition coefficient (Wildman–Crippen LogP) is 2.18. The summed E-state index contributed by atoms with van der Waals surface area (Å²) >= 11 is 0. The minimum Gasteiger partial charge on any atom is -0.484 e. The van der Waals surface area contributed by atoms with E-state index in [1.807, 2.05) is 18.7 Å². The van der Waals surface area contributed by atoms with Crippen molar-refractivity contribution in [1.82, 2.24) is 25.0 Å². The molecule has 2 heterocycles. The number of benzene rings is 1. The molecule has 28 heavy (non-hydrogen) atoms. The molecular weight excluding hydrogens is 358 g/mol. The number of aromatic nitrogens is 3. The Bertz CT molecular complexity index is 814. The summed E-state index contributed by atoms with van der Waals surface area (Å²) in [5, 5.41) is 7.05. The van der Waals surface area contributed by atoms with Crippen LogP contribution < -0.4 is 10.1 Å². The van der Waals surface area contributed by atoms with Gasteiger partial charge >= 0.3 is 0 Å². The minimum atomic E-state index is -0.278. The van der Waals surface area contributed by atoms with Crippen LogP contribution in [0, 0.1) is 0 Å². The van der Waals surface area contributed by atoms with E-state index in [2.05, 4.69) is 15.4 Å². The molecule has 2 amide bonds. The molecule has 1 saturated heterocycles. The molecule has 1 unspecified atom stereocenters. The van der Waals surface area contributed by atoms with Gasteiger partial charge < -0.3 is 15.0 Å². The number of nitrogens with zero attached hydrogens (tertiary/aromatic N) is 4. The Morgan fingerprint density at radius 2 is 2.04 bits per heavy atom. The SMILES string of the molecule is CCn1ncnc1C(C)NC(=O)c1cccc(OCC(=O)N2CCCCC2)c1. The number of aryl methyl sites for hydroxylation is 1. The molecule has 1 aromatic carbocycles. The Kier molecular flexibility index (Phi) is 6.62. The first kappa shape index (κ1) is 19.9. The molecule has 8 heteroatoms. The summed E-state index contributed by atoms with van der Waals surface area (Å²) in [7, 11) is 0. The summed E-state index contributed by atoms with van der Waals surface area (Å²) in [4.78, 5) is 30.9. The molecule has 1 fully saturated rings. The number of hydrogen-bond acceptors (Lipinski definition) is 5. The molecule has 1 aromatic heterocycles. The smallest absolute Gasteiger partial charge is 0.260 e. The van der Waals surface area contributed by atoms with E-state index in [1.54, 1.807) is 28.9 Å². The van der Waals surface area contributed by atoms with Gasteiger partial charge in [-0.05, 0) is 51.3 Å². The van der Waals surface area contributed by atoms with Gasteiger partial charge in [0.15, 0.2) is 6.61 Å². The lowest BCUT2D eigenvalue weighted by Crippen LogP contribution is -2.38. The third kappa shape index (κ3) is 4.88. The number of rotatable bonds is 7. The number of amides is 2. The van der Waals surface area contributed by atoms with Gasteiger partial charge in [-0.1, -0.05) is 6.07 Å². The van der Waals surface area contributed by atoms with Crippen molar-refractivity contribution in [3.63, 3.8) is 0 Å². The molecule has 0 aliphatic carbocycles. The van der Waals surface area contributed by atoms with Gasteiger partial charge in [-0.3, -0.25) is 9.59 Å². The van der Waals surface area contributed by atoms with Crippen molar-refractivity contribution >= 4 is 11.8 Å². The first-order chi connectivity index (χ1) is 13.6. The zero-order valence-corrected chi connectivity index (χ0v) is 16.4. The van der Waals surface area contributed by atoms with E-state index < -0.39 is 0 Å². The topological polar surface area (TPSA) is 89.4 Å². The molecule has 8 nitrogen and oxygen atoms in total. The van der Waals surface area contributed by atoms with Crippen molar-refractivity contribution in [3.8, 4) is 5.75 Å². The highest BCUT2D eigenvalue weighted by Gasteiger charge is 2.18. The van der Waals surface area contributed by atoms with Crippen molar-refractivity contribution in [1.29, 1.82) is 0 Å². The van der Waals surface area contributed by atoms with Crippen LogP contribution in [0.15, 0.2) is 30.6 Å². The molecule has 1 atom stereocenters. The van der Waals surface area contributed by atoms with E-state index in [1.165, 1.54) is 12.7 Å². The third-order valence-corrected chi connectivity index (χ3v) is 4.85. The fraction of sp³-hybridized carbons (Fsp3) is 0.500. The lowest BCUT2D eigenvalue weighted by Gasteiger charge is -2.26. The summed E-state index contributed by atoms with van der Waals surface area (Å²) in [6, 6.07) is 6.58. The van der Waals surface area contributed by atoms with Gasteiger partial charge in [-0.15, -0.1) is 0 Å². The Morgan fingerprint density at radius 1 is 1.25 bits per heavy atom. The molecular formula is C20H27N5O3. The van der Waals surface area contributed by atoms with Crippen molar-refractivity contribution in [2.45, 2.75) is 45.7 Å². The average Bonchev–Trinajstić information content (AvgIpc) is 3.22. The quantitative estimate of drug-likeness (QED) is 0.789. The van der Waals surface area contributed by atoms with E-state index in [9.17, 15) is 9.59 Å². The maximum Gasteiger partial charge on any atom is 0.260 e. The standard InChI is InChI=1S/C20H27N5O3/c1-3-25-19(21-14-22-25)15(2)23-20(27)16-8-7-9-17(12-16)28-13-18(26)24-10-5-4-6-11-24/h7-9,12,14-15H,3-6,10-11,13H2,1-2H3,(H,23,27). The zero-order chi connectivity index (χ0) is 19.9. The first-order valence-corrected chi connectivity index (χ1v) is 9.77. The monoisotopic (exact) mass is 385 g/mol. The minimum absolute atomic E-state index is 0.0120. The molecule has 150 valence electrons. The molecule has 1 aliphatic rings. The van der Waals surface area contributed by atoms with Gasteiger partial charge in [0.2, 0.25) is 0 Å². The van der Waals surface area contributed by atoms with Gasteiger partial charge in [0.25, 0.3) is 11.8 Å². The highest BCUT2D eigenvalue weighted by Crippen LogP contribution is 2.16. The molecule has 3 rings (SSSR count). The number of ether oxygens (including phenoxy) is 1. The molecule has 2 aromatic rings. The van der Waals surface area contributed by atoms with Gasteiger partial charge in [0, 0.05) is 25.2 Å². The van der Waals surface area contributed by atoms with Crippen molar-refractivity contribution < 1.29 is 14.3 Å². The summed E-state index contributed by atoms with van der Waals surface area (Å²) in [5.41, 5.74) is 0.470. The maximum absolute atomic E-state index is 12.6. The number of piperidine rings is 1. The van der Waals surface area contributed by atoms with Crippen LogP contribution in [0.4, 0.5) is 0 Å². The van der Waals surface area contributed by atoms with Crippen LogP contribution in [0.2, 0.25) is 0 Å². The van der Waals surface area contributed by atoms with E-state index in [0.29, 0.717) is 23.7 Å². The summed E-state index contributed by atoms with van der Waals surface area (Å²) in [6.45, 7) is 6.10. The fourth-order valence-electron chi connectivity index (χ4n) is 3.30. The van der Waals surface area contributed by atoms with Crippen molar-refractivity contribution in [2.75, 3.05) is 19.7 Å². The van der Waals surface area contributed by atoms with Gasteiger partial charge in [0.05, 0.1) is 6.04 Å². The Morgan fingerprint density at radius 3 is 2.79 bits per heavy atom. The van der Waals surface area contributed by atoms with Crippen LogP contribution in [0.5, 0.6) is 5.75 Å². The Hall–Kier alpha value is -2.90. The van der Waals surface area contributed by atoms with Crippen molar-refractivity contribution in [3.05, 3.63) is 42.0 Å². The largest absolute Gasteiger partial charge is 0.484 e. The lowest BCUT2D eigenvalue weighted by molar-refractivity contribution is -0.134. The lowest BCUT2D eigenvalue weighted by atomic mass is 10.1. The van der Waals surface area contributed by atoms with Crippen LogP contribution in [-0.4, -0.2) is 51.2 Å². The number of carbonyl (C=O) groups excluding carboxylic acids is 2. The Labute approximate surface area is 164 Å². The van der Waals surface area contributed by atoms with Gasteiger partial charge in [-0.25, -0.2) is 9.67 Å². The molecule has 0 bridgehead atoms. The second kappa shape index (κ2) is 9.34. The predicted molar refractivity (Wildman–Crippen MR) is 104 cm³/mol. The van der Waals surface area contributed by atoms with Crippen LogP contribution in [-0.2, 0) is 11.3 Å². The number of hydrogen-bond donors (Lipinski definition) is 1. The van der Waals surface area contributed by atoms with Gasteiger partial charge in [-0.2, -0.15) is 5.10 Å².